The Morgan fingerprint density at radius 3 is 2.68 bits per heavy atom. The number of nitrogens with one attached hydrogen (secondary N) is 1. The van der Waals surface area contributed by atoms with Gasteiger partial charge < -0.3 is 9.84 Å². The SMILES string of the molecule is O=C(COc1ccc(C2SCCS2)cc1)N/N=C\c1cc([N+](=O)[O-])ccc1O. The van der Waals surface area contributed by atoms with Crippen molar-refractivity contribution in [2.24, 2.45) is 5.10 Å². The molecule has 146 valence electrons. The predicted molar refractivity (Wildman–Crippen MR) is 110 cm³/mol. The summed E-state index contributed by atoms with van der Waals surface area (Å²) in [6.45, 7) is -0.232. The van der Waals surface area contributed by atoms with Crippen LogP contribution in [-0.2, 0) is 4.79 Å². The number of nitro benzene ring substituents is 1. The number of amides is 1. The lowest BCUT2D eigenvalue weighted by Gasteiger charge is -2.10. The lowest BCUT2D eigenvalue weighted by atomic mass is 10.2. The van der Waals surface area contributed by atoms with E-state index in [0.29, 0.717) is 10.3 Å². The van der Waals surface area contributed by atoms with Crippen LogP contribution >= 0.6 is 23.5 Å². The second-order valence-corrected chi connectivity index (χ2v) is 8.45. The maximum Gasteiger partial charge on any atom is 0.277 e. The molecule has 28 heavy (non-hydrogen) atoms. The second kappa shape index (κ2) is 9.47. The number of hydrogen-bond donors (Lipinski definition) is 2. The van der Waals surface area contributed by atoms with Crippen LogP contribution in [0.25, 0.3) is 0 Å². The molecule has 0 unspecified atom stereocenters. The Hall–Kier alpha value is -2.72. The van der Waals surface area contributed by atoms with Gasteiger partial charge in [-0.3, -0.25) is 14.9 Å². The van der Waals surface area contributed by atoms with Crippen molar-refractivity contribution in [3.8, 4) is 11.5 Å². The van der Waals surface area contributed by atoms with Gasteiger partial charge in [0.2, 0.25) is 0 Å². The van der Waals surface area contributed by atoms with E-state index in [0.717, 1.165) is 23.8 Å². The minimum atomic E-state index is -0.585. The van der Waals surface area contributed by atoms with Gasteiger partial charge in [0, 0.05) is 29.2 Å². The number of non-ortho nitro benzene ring substituents is 1. The minimum absolute atomic E-state index is 0.119. The van der Waals surface area contributed by atoms with Crippen molar-refractivity contribution in [3.05, 3.63) is 63.7 Å². The van der Waals surface area contributed by atoms with Gasteiger partial charge in [0.05, 0.1) is 15.7 Å². The molecule has 8 nitrogen and oxygen atoms in total. The van der Waals surface area contributed by atoms with Crippen LogP contribution in [-0.4, -0.2) is 40.3 Å². The Morgan fingerprint density at radius 1 is 1.29 bits per heavy atom. The smallest absolute Gasteiger partial charge is 0.277 e. The normalized spacial score (nSPS) is 14.3. The highest BCUT2D eigenvalue weighted by Gasteiger charge is 2.18. The van der Waals surface area contributed by atoms with E-state index in [1.165, 1.54) is 17.7 Å². The first kappa shape index (κ1) is 20.0. The molecule has 10 heteroatoms. The fraction of sp³-hybridized carbons (Fsp3) is 0.222. The lowest BCUT2D eigenvalue weighted by Crippen LogP contribution is -2.24. The van der Waals surface area contributed by atoms with Gasteiger partial charge in [-0.25, -0.2) is 5.43 Å². The maximum atomic E-state index is 11.8. The van der Waals surface area contributed by atoms with Crippen molar-refractivity contribution in [2.75, 3.05) is 18.1 Å². The molecule has 0 aromatic heterocycles. The van der Waals surface area contributed by atoms with E-state index in [1.54, 1.807) is 0 Å². The number of ether oxygens (including phenoxy) is 1. The molecule has 0 aliphatic carbocycles. The maximum absolute atomic E-state index is 11.8. The van der Waals surface area contributed by atoms with Gasteiger partial charge >= 0.3 is 0 Å². The molecule has 2 N–H and O–H groups in total. The first-order chi connectivity index (χ1) is 13.5. The Morgan fingerprint density at radius 2 is 2.00 bits per heavy atom. The van der Waals surface area contributed by atoms with E-state index in [1.807, 2.05) is 47.8 Å². The van der Waals surface area contributed by atoms with Crippen molar-refractivity contribution in [1.82, 2.24) is 5.43 Å². The molecule has 0 bridgehead atoms. The third kappa shape index (κ3) is 5.40. The van der Waals surface area contributed by atoms with Crippen LogP contribution in [0, 0.1) is 10.1 Å². The number of phenolic OH excluding ortho intramolecular Hbond substituents is 1. The molecule has 1 aliphatic rings. The fourth-order valence-electron chi connectivity index (χ4n) is 2.39. The summed E-state index contributed by atoms with van der Waals surface area (Å²) in [6.07, 6.45) is 1.13. The quantitative estimate of drug-likeness (QED) is 0.402. The van der Waals surface area contributed by atoms with Crippen LogP contribution in [0.3, 0.4) is 0 Å². The van der Waals surface area contributed by atoms with E-state index >= 15 is 0 Å². The summed E-state index contributed by atoms with van der Waals surface area (Å²) in [6, 6.07) is 11.2. The zero-order valence-corrected chi connectivity index (χ0v) is 16.2. The molecule has 0 atom stereocenters. The van der Waals surface area contributed by atoms with Crippen LogP contribution in [0.1, 0.15) is 15.7 Å². The van der Waals surface area contributed by atoms with Crippen molar-refractivity contribution in [3.63, 3.8) is 0 Å². The molecule has 1 heterocycles. The molecular weight excluding hydrogens is 402 g/mol. The zero-order chi connectivity index (χ0) is 19.9. The first-order valence-corrected chi connectivity index (χ1v) is 10.4. The number of benzene rings is 2. The molecule has 0 spiro atoms. The largest absolute Gasteiger partial charge is 0.507 e. The number of carbonyl (C=O) groups excluding carboxylic acids is 1. The number of rotatable bonds is 7. The monoisotopic (exact) mass is 419 g/mol. The summed E-state index contributed by atoms with van der Waals surface area (Å²) in [4.78, 5) is 22.0. The number of hydrogen-bond acceptors (Lipinski definition) is 8. The minimum Gasteiger partial charge on any atom is -0.507 e. The van der Waals surface area contributed by atoms with Crippen LogP contribution in [0.2, 0.25) is 0 Å². The lowest BCUT2D eigenvalue weighted by molar-refractivity contribution is -0.384. The predicted octanol–water partition coefficient (Wildman–Crippen LogP) is 3.31. The highest BCUT2D eigenvalue weighted by Crippen LogP contribution is 2.45. The van der Waals surface area contributed by atoms with Gasteiger partial charge in [0.1, 0.15) is 11.5 Å². The summed E-state index contributed by atoms with van der Waals surface area (Å²) in [5.74, 6) is 2.21. The average Bonchev–Trinajstić information content (AvgIpc) is 3.23. The molecule has 1 aliphatic heterocycles. The molecule has 1 saturated heterocycles. The second-order valence-electron chi connectivity index (χ2n) is 5.72. The van der Waals surface area contributed by atoms with Crippen molar-refractivity contribution in [2.45, 2.75) is 4.58 Å². The number of phenols is 1. The third-order valence-corrected chi connectivity index (χ3v) is 6.86. The van der Waals surface area contributed by atoms with Gasteiger partial charge in [-0.05, 0) is 23.8 Å². The van der Waals surface area contributed by atoms with Gasteiger partial charge in [0.25, 0.3) is 11.6 Å². The van der Waals surface area contributed by atoms with E-state index in [4.69, 9.17) is 4.74 Å². The summed E-state index contributed by atoms with van der Waals surface area (Å²) in [5, 5.41) is 24.1. The first-order valence-electron chi connectivity index (χ1n) is 8.28. The number of thioether (sulfide) groups is 2. The van der Waals surface area contributed by atoms with E-state index in [-0.39, 0.29) is 23.6 Å². The number of hydrazone groups is 1. The topological polar surface area (TPSA) is 114 Å². The van der Waals surface area contributed by atoms with Crippen molar-refractivity contribution >= 4 is 41.3 Å². The molecule has 0 saturated carbocycles. The number of carbonyl (C=O) groups is 1. The third-order valence-electron chi connectivity index (χ3n) is 3.76. The van der Waals surface area contributed by atoms with Crippen molar-refractivity contribution < 1.29 is 19.6 Å². The molecule has 1 fully saturated rings. The molecular formula is C18H17N3O5S2. The van der Waals surface area contributed by atoms with E-state index in [2.05, 4.69) is 10.5 Å². The average molecular weight is 419 g/mol. The number of nitro groups is 1. The zero-order valence-electron chi connectivity index (χ0n) is 14.6. The summed E-state index contributed by atoms with van der Waals surface area (Å²) in [5.41, 5.74) is 3.41. The number of nitrogens with zero attached hydrogens (tertiary/aromatic N) is 2. The molecule has 1 amide bonds. The van der Waals surface area contributed by atoms with Gasteiger partial charge in [-0.15, -0.1) is 23.5 Å². The fourth-order valence-corrected chi connectivity index (χ4v) is 5.25. The Labute approximate surface area is 169 Å². The molecule has 0 radical (unpaired) electrons. The van der Waals surface area contributed by atoms with Gasteiger partial charge in [-0.1, -0.05) is 12.1 Å². The van der Waals surface area contributed by atoms with Crippen molar-refractivity contribution in [1.29, 1.82) is 0 Å². The highest BCUT2D eigenvalue weighted by molar-refractivity contribution is 8.19. The molecule has 3 rings (SSSR count). The van der Waals surface area contributed by atoms with E-state index < -0.39 is 10.8 Å². The highest BCUT2D eigenvalue weighted by atomic mass is 32.2. The summed E-state index contributed by atoms with van der Waals surface area (Å²) >= 11 is 3.83. The molecule has 2 aromatic rings. The van der Waals surface area contributed by atoms with Gasteiger partial charge in [-0.2, -0.15) is 5.10 Å². The number of aromatic hydroxyl groups is 1. The van der Waals surface area contributed by atoms with Crippen LogP contribution in [0.5, 0.6) is 11.5 Å². The van der Waals surface area contributed by atoms with Crippen LogP contribution < -0.4 is 10.2 Å². The summed E-state index contributed by atoms with van der Waals surface area (Å²) < 4.78 is 5.88. The standard InChI is InChI=1S/C18H17N3O5S2/c22-16-6-3-14(21(24)25)9-13(16)10-19-20-17(23)11-26-15-4-1-12(2-5-15)18-27-7-8-28-18/h1-6,9-10,18,22H,7-8,11H2,(H,20,23)/b19-10-. The Balaban J connectivity index is 1.48. The Kier molecular flexibility index (Phi) is 6.77. The van der Waals surface area contributed by atoms with Crippen LogP contribution in [0.4, 0.5) is 5.69 Å². The molecule has 2 aromatic carbocycles. The Bertz CT molecular complexity index is 883. The van der Waals surface area contributed by atoms with E-state index in [9.17, 15) is 20.0 Å². The van der Waals surface area contributed by atoms with Crippen LogP contribution in [0.15, 0.2) is 47.6 Å². The van der Waals surface area contributed by atoms with Gasteiger partial charge in [0.15, 0.2) is 6.61 Å². The summed E-state index contributed by atoms with van der Waals surface area (Å²) in [7, 11) is 0.